The van der Waals surface area contributed by atoms with Gasteiger partial charge in [0.15, 0.2) is 0 Å². The van der Waals surface area contributed by atoms with Crippen molar-refractivity contribution in [2.45, 2.75) is 116 Å². The molecule has 144 valence electrons. The molecule has 0 radical (unpaired) electrons. The van der Waals surface area contributed by atoms with Crippen LogP contribution < -0.4 is 5.32 Å². The minimum Gasteiger partial charge on any atom is -0.389 e. The zero-order valence-electron chi connectivity index (χ0n) is 16.3. The molecule has 3 heteroatoms. The maximum absolute atomic E-state index is 9.38. The largest absolute Gasteiger partial charge is 0.389 e. The fourth-order valence-electron chi connectivity index (χ4n) is 2.79. The number of aliphatic hydroxyl groups is 2. The maximum atomic E-state index is 9.38. The molecular weight excluding hydrogens is 298 g/mol. The van der Waals surface area contributed by atoms with Gasteiger partial charge in [-0.1, -0.05) is 76.9 Å². The predicted octanol–water partition coefficient (Wildman–Crippen LogP) is 5.31. The van der Waals surface area contributed by atoms with Gasteiger partial charge >= 0.3 is 0 Å². The van der Waals surface area contributed by atoms with Crippen LogP contribution >= 0.6 is 0 Å². The topological polar surface area (TPSA) is 52.5 Å². The highest BCUT2D eigenvalue weighted by Crippen LogP contribution is 2.09. The predicted molar refractivity (Wildman–Crippen MR) is 105 cm³/mol. The van der Waals surface area contributed by atoms with E-state index in [-0.39, 0.29) is 0 Å². The first kappa shape index (κ1) is 23.6. The van der Waals surface area contributed by atoms with Crippen LogP contribution in [-0.2, 0) is 0 Å². The molecule has 0 heterocycles. The van der Waals surface area contributed by atoms with Gasteiger partial charge in [0.25, 0.3) is 0 Å². The molecule has 0 spiro atoms. The molecule has 0 saturated heterocycles. The van der Waals surface area contributed by atoms with E-state index in [2.05, 4.69) is 24.4 Å². The molecular formula is C21H43NO2. The molecule has 0 saturated carbocycles. The van der Waals surface area contributed by atoms with Gasteiger partial charge in [-0.15, -0.1) is 0 Å². The summed E-state index contributed by atoms with van der Waals surface area (Å²) in [5.41, 5.74) is 0. The third-order valence-electron chi connectivity index (χ3n) is 4.50. The Balaban J connectivity index is 3.13. The highest BCUT2D eigenvalue weighted by atomic mass is 16.3. The Morgan fingerprint density at radius 3 is 1.67 bits per heavy atom. The smallest absolute Gasteiger partial charge is 0.130 e. The third kappa shape index (κ3) is 18.0. The van der Waals surface area contributed by atoms with Crippen molar-refractivity contribution in [3.63, 3.8) is 0 Å². The molecule has 3 N–H and O–H groups in total. The Kier molecular flexibility index (Phi) is 18.7. The average Bonchev–Trinajstić information content (AvgIpc) is 2.57. The Labute approximate surface area is 150 Å². The molecule has 0 aromatic carbocycles. The second-order valence-electron chi connectivity index (χ2n) is 7.08. The van der Waals surface area contributed by atoms with E-state index in [1.54, 1.807) is 6.92 Å². The monoisotopic (exact) mass is 341 g/mol. The second kappa shape index (κ2) is 19.0. The standard InChI is InChI=1S/C21H43NO2/c1-3-4-5-6-7-8-9-10-11-12-13-14-15-16-17-18-19-22-21(24)20(2)23/h10-11,20-24H,3-9,12-19H2,1-2H3/b11-10-. The molecule has 3 nitrogen and oxygen atoms in total. The summed E-state index contributed by atoms with van der Waals surface area (Å²) in [6, 6.07) is 0. The van der Waals surface area contributed by atoms with E-state index in [1.165, 1.54) is 83.5 Å². The first-order chi connectivity index (χ1) is 11.7. The van der Waals surface area contributed by atoms with Crippen LogP contribution in [0.4, 0.5) is 0 Å². The van der Waals surface area contributed by atoms with Crippen molar-refractivity contribution in [3.05, 3.63) is 12.2 Å². The lowest BCUT2D eigenvalue weighted by Crippen LogP contribution is -2.38. The molecule has 0 bridgehead atoms. The van der Waals surface area contributed by atoms with Crippen molar-refractivity contribution < 1.29 is 10.2 Å². The van der Waals surface area contributed by atoms with Crippen molar-refractivity contribution in [2.24, 2.45) is 0 Å². The fraction of sp³-hybridized carbons (Fsp3) is 0.905. The van der Waals surface area contributed by atoms with Gasteiger partial charge in [0.05, 0.1) is 6.10 Å². The molecule has 0 rings (SSSR count). The van der Waals surface area contributed by atoms with E-state index >= 15 is 0 Å². The second-order valence-corrected chi connectivity index (χ2v) is 7.08. The van der Waals surface area contributed by atoms with Crippen LogP contribution in [0.25, 0.3) is 0 Å². The lowest BCUT2D eigenvalue weighted by molar-refractivity contribution is 0.00934. The van der Waals surface area contributed by atoms with Crippen LogP contribution in [0.2, 0.25) is 0 Å². The van der Waals surface area contributed by atoms with Crippen LogP contribution in [0, 0.1) is 0 Å². The number of nitrogens with one attached hydrogen (secondary N) is 1. The first-order valence-corrected chi connectivity index (χ1v) is 10.4. The van der Waals surface area contributed by atoms with Crippen molar-refractivity contribution in [3.8, 4) is 0 Å². The van der Waals surface area contributed by atoms with Gasteiger partial charge in [0.1, 0.15) is 6.23 Å². The lowest BCUT2D eigenvalue weighted by atomic mass is 10.1. The quantitative estimate of drug-likeness (QED) is 0.180. The normalized spacial score (nSPS) is 14.3. The summed E-state index contributed by atoms with van der Waals surface area (Å²) in [4.78, 5) is 0. The van der Waals surface area contributed by atoms with Crippen LogP contribution in [0.3, 0.4) is 0 Å². The molecule has 0 aromatic rings. The molecule has 2 unspecified atom stereocenters. The number of rotatable bonds is 18. The minimum absolute atomic E-state index is 0.695. The van der Waals surface area contributed by atoms with E-state index in [0.29, 0.717) is 0 Å². The van der Waals surface area contributed by atoms with Gasteiger partial charge < -0.3 is 10.2 Å². The molecule has 2 atom stereocenters. The highest BCUT2D eigenvalue weighted by molar-refractivity contribution is 4.81. The third-order valence-corrected chi connectivity index (χ3v) is 4.50. The van der Waals surface area contributed by atoms with Crippen LogP contribution in [0.15, 0.2) is 12.2 Å². The number of hydrogen-bond acceptors (Lipinski definition) is 3. The molecule has 0 aromatic heterocycles. The number of allylic oxidation sites excluding steroid dienone is 2. The van der Waals surface area contributed by atoms with Gasteiger partial charge in [0, 0.05) is 0 Å². The Bertz CT molecular complexity index is 267. The van der Waals surface area contributed by atoms with Crippen molar-refractivity contribution >= 4 is 0 Å². The molecule has 0 aliphatic rings. The van der Waals surface area contributed by atoms with Crippen LogP contribution in [-0.4, -0.2) is 29.1 Å². The van der Waals surface area contributed by atoms with E-state index < -0.39 is 12.3 Å². The van der Waals surface area contributed by atoms with Gasteiger partial charge in [0.2, 0.25) is 0 Å². The fourth-order valence-corrected chi connectivity index (χ4v) is 2.79. The van der Waals surface area contributed by atoms with E-state index in [0.717, 1.165) is 13.0 Å². The summed E-state index contributed by atoms with van der Waals surface area (Å²) < 4.78 is 0. The highest BCUT2D eigenvalue weighted by Gasteiger charge is 2.07. The summed E-state index contributed by atoms with van der Waals surface area (Å²) in [6.45, 7) is 4.65. The van der Waals surface area contributed by atoms with Gasteiger partial charge in [-0.05, 0) is 45.6 Å². The number of aliphatic hydroxyl groups excluding tert-OH is 2. The SMILES string of the molecule is CCCCCCCC/C=C\CCCCCCCCNC(O)C(C)O. The molecule has 24 heavy (non-hydrogen) atoms. The number of hydrogen-bond donors (Lipinski definition) is 3. The zero-order chi connectivity index (χ0) is 17.9. The zero-order valence-corrected chi connectivity index (χ0v) is 16.3. The summed E-state index contributed by atoms with van der Waals surface area (Å²) in [6.07, 6.45) is 21.6. The van der Waals surface area contributed by atoms with E-state index in [4.69, 9.17) is 5.11 Å². The van der Waals surface area contributed by atoms with Crippen molar-refractivity contribution in [2.75, 3.05) is 6.54 Å². The Morgan fingerprint density at radius 2 is 1.17 bits per heavy atom. The lowest BCUT2D eigenvalue weighted by Gasteiger charge is -2.14. The maximum Gasteiger partial charge on any atom is 0.130 e. The van der Waals surface area contributed by atoms with Crippen molar-refractivity contribution in [1.29, 1.82) is 0 Å². The summed E-state index contributed by atoms with van der Waals surface area (Å²) in [7, 11) is 0. The van der Waals surface area contributed by atoms with Gasteiger partial charge in [-0.25, -0.2) is 0 Å². The molecule has 0 aliphatic carbocycles. The van der Waals surface area contributed by atoms with E-state index in [1.807, 2.05) is 0 Å². The van der Waals surface area contributed by atoms with Gasteiger partial charge in [-0.2, -0.15) is 0 Å². The molecule has 0 amide bonds. The molecule has 0 aliphatic heterocycles. The molecule has 0 fully saturated rings. The summed E-state index contributed by atoms with van der Waals surface area (Å²) in [5.74, 6) is 0. The van der Waals surface area contributed by atoms with Gasteiger partial charge in [-0.3, -0.25) is 5.32 Å². The number of unbranched alkanes of at least 4 members (excludes halogenated alkanes) is 12. The van der Waals surface area contributed by atoms with Crippen LogP contribution in [0.5, 0.6) is 0 Å². The summed E-state index contributed by atoms with van der Waals surface area (Å²) in [5, 5.41) is 21.5. The summed E-state index contributed by atoms with van der Waals surface area (Å²) >= 11 is 0. The van der Waals surface area contributed by atoms with Crippen molar-refractivity contribution in [1.82, 2.24) is 5.32 Å². The average molecular weight is 342 g/mol. The Morgan fingerprint density at radius 1 is 0.708 bits per heavy atom. The minimum atomic E-state index is -0.784. The Hall–Kier alpha value is -0.380. The van der Waals surface area contributed by atoms with Crippen LogP contribution in [0.1, 0.15) is 104 Å². The first-order valence-electron chi connectivity index (χ1n) is 10.4. The van der Waals surface area contributed by atoms with E-state index in [9.17, 15) is 5.11 Å².